The number of nitrogens with zero attached hydrogens (tertiary/aromatic N) is 2. The number of carbonyl (C=O) groups excluding carboxylic acids is 1. The Morgan fingerprint density at radius 1 is 1.32 bits per heavy atom. The zero-order valence-electron chi connectivity index (χ0n) is 10.8. The predicted octanol–water partition coefficient (Wildman–Crippen LogP) is 0.890. The van der Waals surface area contributed by atoms with Gasteiger partial charge in [0.1, 0.15) is 0 Å². The van der Waals surface area contributed by atoms with Gasteiger partial charge < -0.3 is 15.0 Å². The highest BCUT2D eigenvalue weighted by molar-refractivity contribution is 5.84. The van der Waals surface area contributed by atoms with Crippen LogP contribution in [0, 0.1) is 11.8 Å². The number of aliphatic carboxylic acids is 1. The highest BCUT2D eigenvalue weighted by Gasteiger charge is 2.35. The van der Waals surface area contributed by atoms with Gasteiger partial charge in [-0.2, -0.15) is 0 Å². The second-order valence-corrected chi connectivity index (χ2v) is 4.93. The van der Waals surface area contributed by atoms with Crippen LogP contribution in [0.15, 0.2) is 18.7 Å². The van der Waals surface area contributed by atoms with Crippen LogP contribution < -0.4 is 5.32 Å². The lowest BCUT2D eigenvalue weighted by molar-refractivity contribution is -0.148. The third kappa shape index (κ3) is 3.56. The van der Waals surface area contributed by atoms with Gasteiger partial charge in [-0.15, -0.1) is 0 Å². The van der Waals surface area contributed by atoms with Crippen molar-refractivity contribution >= 4 is 11.9 Å². The number of carboxylic acid groups (broad SMARTS) is 1. The minimum atomic E-state index is -0.852. The number of carboxylic acids is 1. The Labute approximate surface area is 111 Å². The number of hydrogen-bond donors (Lipinski definition) is 2. The summed E-state index contributed by atoms with van der Waals surface area (Å²) in [7, 11) is 0. The van der Waals surface area contributed by atoms with E-state index < -0.39 is 11.9 Å². The number of rotatable bonds is 5. The topological polar surface area (TPSA) is 84.2 Å². The number of amides is 1. The number of aromatic nitrogens is 2. The van der Waals surface area contributed by atoms with Gasteiger partial charge >= 0.3 is 5.97 Å². The van der Waals surface area contributed by atoms with Gasteiger partial charge in [0.15, 0.2) is 0 Å². The first-order valence-electron chi connectivity index (χ1n) is 6.64. The zero-order chi connectivity index (χ0) is 13.7. The highest BCUT2D eigenvalue weighted by atomic mass is 16.4. The fraction of sp³-hybridized carbons (Fsp3) is 0.615. The third-order valence-electron chi connectivity index (χ3n) is 3.65. The Bertz CT molecular complexity index is 430. The van der Waals surface area contributed by atoms with E-state index in [1.807, 2.05) is 10.8 Å². The Hall–Kier alpha value is -1.85. The molecule has 2 atom stereocenters. The van der Waals surface area contributed by atoms with Gasteiger partial charge in [-0.3, -0.25) is 9.59 Å². The zero-order valence-corrected chi connectivity index (χ0v) is 10.8. The minimum Gasteiger partial charge on any atom is -0.481 e. The van der Waals surface area contributed by atoms with E-state index in [0.717, 1.165) is 12.8 Å². The number of carbonyl (C=O) groups is 2. The quantitative estimate of drug-likeness (QED) is 0.828. The SMILES string of the molecule is O=C(O)C1CCCCC1C(=O)NCCn1ccnc1. The maximum absolute atomic E-state index is 12.0. The van der Waals surface area contributed by atoms with Crippen molar-refractivity contribution in [1.82, 2.24) is 14.9 Å². The molecule has 0 bridgehead atoms. The molecule has 1 aromatic heterocycles. The lowest BCUT2D eigenvalue weighted by Crippen LogP contribution is -2.40. The summed E-state index contributed by atoms with van der Waals surface area (Å²) in [5.74, 6) is -1.89. The van der Waals surface area contributed by atoms with Crippen LogP contribution in [0.5, 0.6) is 0 Å². The summed E-state index contributed by atoms with van der Waals surface area (Å²) in [6, 6.07) is 0. The van der Waals surface area contributed by atoms with Gasteiger partial charge in [0.25, 0.3) is 0 Å². The van der Waals surface area contributed by atoms with E-state index in [9.17, 15) is 9.59 Å². The molecule has 1 heterocycles. The standard InChI is InChI=1S/C13H19N3O3/c17-12(15-6-8-16-7-5-14-9-16)10-3-1-2-4-11(10)13(18)19/h5,7,9-11H,1-4,6,8H2,(H,15,17)(H,18,19). The van der Waals surface area contributed by atoms with E-state index in [1.54, 1.807) is 12.5 Å². The van der Waals surface area contributed by atoms with Crippen molar-refractivity contribution in [2.75, 3.05) is 6.54 Å². The second-order valence-electron chi connectivity index (χ2n) is 4.93. The molecule has 104 valence electrons. The van der Waals surface area contributed by atoms with E-state index in [4.69, 9.17) is 5.11 Å². The first-order chi connectivity index (χ1) is 9.18. The number of imidazole rings is 1. The van der Waals surface area contributed by atoms with Gasteiger partial charge in [-0.1, -0.05) is 12.8 Å². The summed E-state index contributed by atoms with van der Waals surface area (Å²) in [5, 5.41) is 12.0. The third-order valence-corrected chi connectivity index (χ3v) is 3.65. The summed E-state index contributed by atoms with van der Waals surface area (Å²) < 4.78 is 1.87. The van der Waals surface area contributed by atoms with Crippen molar-refractivity contribution in [2.45, 2.75) is 32.2 Å². The van der Waals surface area contributed by atoms with Crippen LogP contribution in [0.4, 0.5) is 0 Å². The largest absolute Gasteiger partial charge is 0.481 e. The molecule has 19 heavy (non-hydrogen) atoms. The lowest BCUT2D eigenvalue weighted by Gasteiger charge is -2.27. The summed E-state index contributed by atoms with van der Waals surface area (Å²) >= 11 is 0. The molecule has 0 aromatic carbocycles. The van der Waals surface area contributed by atoms with Gasteiger partial charge in [0, 0.05) is 25.5 Å². The first-order valence-corrected chi connectivity index (χ1v) is 6.64. The minimum absolute atomic E-state index is 0.132. The summed E-state index contributed by atoms with van der Waals surface area (Å²) in [6.45, 7) is 1.15. The van der Waals surface area contributed by atoms with Crippen LogP contribution in [0.2, 0.25) is 0 Å². The van der Waals surface area contributed by atoms with Crippen molar-refractivity contribution < 1.29 is 14.7 Å². The highest BCUT2D eigenvalue weighted by Crippen LogP contribution is 2.30. The monoisotopic (exact) mass is 265 g/mol. The second kappa shape index (κ2) is 6.36. The molecule has 1 saturated carbocycles. The Morgan fingerprint density at radius 3 is 2.68 bits per heavy atom. The van der Waals surface area contributed by atoms with E-state index in [2.05, 4.69) is 10.3 Å². The molecule has 6 nitrogen and oxygen atoms in total. The maximum Gasteiger partial charge on any atom is 0.307 e. The smallest absolute Gasteiger partial charge is 0.307 e. The summed E-state index contributed by atoms with van der Waals surface area (Å²) in [6.07, 6.45) is 8.31. The predicted molar refractivity (Wildman–Crippen MR) is 68.3 cm³/mol. The van der Waals surface area contributed by atoms with Crippen molar-refractivity contribution in [2.24, 2.45) is 11.8 Å². The number of nitrogens with one attached hydrogen (secondary N) is 1. The molecule has 0 aliphatic heterocycles. The summed E-state index contributed by atoms with van der Waals surface area (Å²) in [4.78, 5) is 27.1. The molecule has 2 N–H and O–H groups in total. The molecule has 2 unspecified atom stereocenters. The molecule has 1 aliphatic carbocycles. The molecule has 2 rings (SSSR count). The molecule has 0 spiro atoms. The van der Waals surface area contributed by atoms with Crippen LogP contribution in [0.1, 0.15) is 25.7 Å². The Morgan fingerprint density at radius 2 is 2.05 bits per heavy atom. The van der Waals surface area contributed by atoms with E-state index in [1.165, 1.54) is 0 Å². The van der Waals surface area contributed by atoms with Crippen LogP contribution in [0.25, 0.3) is 0 Å². The Balaban J connectivity index is 1.82. The average Bonchev–Trinajstić information content (AvgIpc) is 2.91. The maximum atomic E-state index is 12.0. The normalized spacial score (nSPS) is 22.9. The van der Waals surface area contributed by atoms with E-state index >= 15 is 0 Å². The van der Waals surface area contributed by atoms with Crippen molar-refractivity contribution in [3.8, 4) is 0 Å². The van der Waals surface area contributed by atoms with Crippen molar-refractivity contribution in [3.05, 3.63) is 18.7 Å². The molecule has 0 saturated heterocycles. The first kappa shape index (κ1) is 13.6. The molecule has 1 fully saturated rings. The van der Waals surface area contributed by atoms with Crippen molar-refractivity contribution in [1.29, 1.82) is 0 Å². The van der Waals surface area contributed by atoms with Crippen LogP contribution in [-0.2, 0) is 16.1 Å². The molecule has 6 heteroatoms. The lowest BCUT2D eigenvalue weighted by atomic mass is 9.79. The fourth-order valence-electron chi connectivity index (χ4n) is 2.60. The van der Waals surface area contributed by atoms with Crippen molar-refractivity contribution in [3.63, 3.8) is 0 Å². The molecule has 0 radical (unpaired) electrons. The fourth-order valence-corrected chi connectivity index (χ4v) is 2.60. The molecule has 1 aromatic rings. The van der Waals surface area contributed by atoms with E-state index in [-0.39, 0.29) is 11.8 Å². The molecule has 1 aliphatic rings. The van der Waals surface area contributed by atoms with E-state index in [0.29, 0.717) is 25.9 Å². The Kier molecular flexibility index (Phi) is 4.54. The van der Waals surface area contributed by atoms with Gasteiger partial charge in [0.05, 0.1) is 18.2 Å². The molecular formula is C13H19N3O3. The number of hydrogen-bond acceptors (Lipinski definition) is 3. The summed E-state index contributed by atoms with van der Waals surface area (Å²) in [5.41, 5.74) is 0. The van der Waals surface area contributed by atoms with Crippen LogP contribution in [-0.4, -0.2) is 33.1 Å². The molecular weight excluding hydrogens is 246 g/mol. The van der Waals surface area contributed by atoms with Crippen LogP contribution in [0.3, 0.4) is 0 Å². The average molecular weight is 265 g/mol. The van der Waals surface area contributed by atoms with Gasteiger partial charge in [-0.25, -0.2) is 4.98 Å². The molecule has 1 amide bonds. The van der Waals surface area contributed by atoms with Crippen LogP contribution >= 0.6 is 0 Å². The van der Waals surface area contributed by atoms with Gasteiger partial charge in [-0.05, 0) is 12.8 Å². The van der Waals surface area contributed by atoms with Gasteiger partial charge in [0.2, 0.25) is 5.91 Å².